The first kappa shape index (κ1) is 14.0. The van der Waals surface area contributed by atoms with Gasteiger partial charge in [-0.05, 0) is 0 Å². The van der Waals surface area contributed by atoms with Crippen molar-refractivity contribution >= 4 is 0 Å². The highest BCUT2D eigenvalue weighted by Crippen LogP contribution is 2.42. The van der Waals surface area contributed by atoms with Crippen LogP contribution in [0.25, 0.3) is 0 Å². The maximum atomic E-state index is 12.5. The topological polar surface area (TPSA) is 9.23 Å². The third kappa shape index (κ3) is 4.39. The Hall–Kier alpha value is -0.950. The summed E-state index contributed by atoms with van der Waals surface area (Å²) >= 11 is 0. The van der Waals surface area contributed by atoms with Crippen LogP contribution in [0.2, 0.25) is 0 Å². The largest absolute Gasteiger partial charge is 0.495 e. The number of hydrogen-bond donors (Lipinski definition) is 0. The van der Waals surface area contributed by atoms with Gasteiger partial charge in [-0.2, -0.15) is 30.7 Å². The zero-order valence-electron chi connectivity index (χ0n) is 7.25. The fourth-order valence-corrected chi connectivity index (χ4v) is 0.650. The number of ether oxygens (including phenoxy) is 1. The third-order valence-corrected chi connectivity index (χ3v) is 1.34. The molecule has 0 radical (unpaired) electrons. The quantitative estimate of drug-likeness (QED) is 0.528. The molecule has 0 amide bonds. The van der Waals surface area contributed by atoms with Crippen molar-refractivity contribution in [2.75, 3.05) is 6.61 Å². The van der Waals surface area contributed by atoms with E-state index in [2.05, 4.69) is 11.3 Å². The van der Waals surface area contributed by atoms with Gasteiger partial charge in [0, 0.05) is 0 Å². The van der Waals surface area contributed by atoms with Crippen molar-refractivity contribution in [2.24, 2.45) is 0 Å². The highest BCUT2D eigenvalue weighted by molar-refractivity contribution is 4.87. The van der Waals surface area contributed by atoms with Gasteiger partial charge in [0.1, 0.15) is 6.42 Å². The molecule has 90 valence electrons. The lowest BCUT2D eigenvalue weighted by atomic mass is 10.1. The van der Waals surface area contributed by atoms with Gasteiger partial charge in [-0.15, -0.1) is 0 Å². The Morgan fingerprint density at radius 2 is 1.40 bits per heavy atom. The molecule has 0 saturated heterocycles. The van der Waals surface area contributed by atoms with Crippen LogP contribution in [-0.4, -0.2) is 24.6 Å². The summed E-state index contributed by atoms with van der Waals surface area (Å²) in [6, 6.07) is 0. The molecular formula is C7H7F7O. The number of halogens is 7. The van der Waals surface area contributed by atoms with E-state index in [9.17, 15) is 30.7 Å². The first-order valence-electron chi connectivity index (χ1n) is 3.57. The second-order valence-electron chi connectivity index (χ2n) is 2.68. The van der Waals surface area contributed by atoms with Gasteiger partial charge >= 0.3 is 18.0 Å². The Kier molecular flexibility index (Phi) is 4.01. The van der Waals surface area contributed by atoms with Crippen LogP contribution < -0.4 is 0 Å². The second-order valence-corrected chi connectivity index (χ2v) is 2.68. The minimum atomic E-state index is -5.37. The Balaban J connectivity index is 4.60. The van der Waals surface area contributed by atoms with Crippen molar-refractivity contribution in [3.8, 4) is 0 Å². The van der Waals surface area contributed by atoms with E-state index in [1.54, 1.807) is 0 Å². The molecule has 0 saturated carbocycles. The fraction of sp³-hybridized carbons (Fsp3) is 0.714. The monoisotopic (exact) mass is 240 g/mol. The van der Waals surface area contributed by atoms with Gasteiger partial charge in [-0.3, -0.25) is 0 Å². The van der Waals surface area contributed by atoms with Crippen molar-refractivity contribution < 1.29 is 35.5 Å². The van der Waals surface area contributed by atoms with Crippen molar-refractivity contribution in [3.63, 3.8) is 0 Å². The van der Waals surface area contributed by atoms with Crippen molar-refractivity contribution in [2.45, 2.75) is 24.4 Å². The summed E-state index contributed by atoms with van der Waals surface area (Å²) in [5.74, 6) is -10.1. The van der Waals surface area contributed by atoms with Crippen LogP contribution in [0.5, 0.6) is 0 Å². The molecule has 15 heavy (non-hydrogen) atoms. The minimum absolute atomic E-state index is 0.442. The lowest BCUT2D eigenvalue weighted by Gasteiger charge is -2.26. The van der Waals surface area contributed by atoms with Crippen LogP contribution in [-0.2, 0) is 4.74 Å². The molecule has 8 heteroatoms. The van der Waals surface area contributed by atoms with E-state index in [0.717, 1.165) is 0 Å². The lowest BCUT2D eigenvalue weighted by Crippen LogP contribution is -2.46. The summed E-state index contributed by atoms with van der Waals surface area (Å²) < 4.78 is 88.2. The lowest BCUT2D eigenvalue weighted by molar-refractivity contribution is -0.272. The maximum Gasteiger partial charge on any atom is 0.395 e. The first-order valence-corrected chi connectivity index (χ1v) is 3.57. The van der Waals surface area contributed by atoms with Crippen molar-refractivity contribution in [1.29, 1.82) is 0 Å². The average Bonchev–Trinajstić information content (AvgIpc) is 1.96. The van der Waals surface area contributed by atoms with Crippen LogP contribution in [0.3, 0.4) is 0 Å². The number of hydrogen-bond acceptors (Lipinski definition) is 1. The Labute approximate surface area is 80.5 Å². The highest BCUT2D eigenvalue weighted by atomic mass is 19.4. The smallest absolute Gasteiger partial charge is 0.395 e. The van der Waals surface area contributed by atoms with Gasteiger partial charge in [-0.1, -0.05) is 6.58 Å². The molecule has 0 bridgehead atoms. The molecule has 0 unspecified atom stereocenters. The molecule has 0 rings (SSSR count). The molecule has 0 aromatic rings. The van der Waals surface area contributed by atoms with Gasteiger partial charge in [-0.25, -0.2) is 0 Å². The summed E-state index contributed by atoms with van der Waals surface area (Å²) in [4.78, 5) is 0. The van der Waals surface area contributed by atoms with E-state index in [1.807, 2.05) is 0 Å². The van der Waals surface area contributed by atoms with Crippen LogP contribution >= 0.6 is 0 Å². The van der Waals surface area contributed by atoms with E-state index in [-0.39, 0.29) is 0 Å². The molecule has 0 aliphatic rings. The Morgan fingerprint density at radius 1 is 0.933 bits per heavy atom. The average molecular weight is 240 g/mol. The summed E-state index contributed by atoms with van der Waals surface area (Å²) in [5, 5.41) is 0. The predicted octanol–water partition coefficient (Wildman–Crippen LogP) is 3.37. The van der Waals surface area contributed by atoms with Gasteiger partial charge < -0.3 is 4.74 Å². The van der Waals surface area contributed by atoms with Crippen molar-refractivity contribution in [1.82, 2.24) is 0 Å². The first-order chi connectivity index (χ1) is 6.52. The van der Waals surface area contributed by atoms with E-state index in [1.165, 1.54) is 0 Å². The summed E-state index contributed by atoms with van der Waals surface area (Å²) in [6.07, 6.45) is -7.83. The van der Waals surface area contributed by atoms with E-state index >= 15 is 0 Å². The summed E-state index contributed by atoms with van der Waals surface area (Å²) in [7, 11) is 0. The fourth-order valence-electron chi connectivity index (χ4n) is 0.650. The van der Waals surface area contributed by atoms with E-state index in [0.29, 0.717) is 6.26 Å². The van der Waals surface area contributed by atoms with E-state index in [4.69, 9.17) is 0 Å². The van der Waals surface area contributed by atoms with Gasteiger partial charge in [0.05, 0.1) is 6.26 Å². The van der Waals surface area contributed by atoms with Gasteiger partial charge in [0.2, 0.25) is 0 Å². The minimum Gasteiger partial charge on any atom is -0.495 e. The molecule has 0 fully saturated rings. The molecule has 0 heterocycles. The summed E-state index contributed by atoms with van der Waals surface area (Å²) in [6.45, 7) is 0.950. The SMILES string of the molecule is C=COCC(F)(F)C(F)(F)CC(F)(F)F. The van der Waals surface area contributed by atoms with Crippen LogP contribution in [0, 0.1) is 0 Å². The molecule has 0 aromatic carbocycles. The molecule has 0 N–H and O–H groups in total. The van der Waals surface area contributed by atoms with Crippen LogP contribution in [0.1, 0.15) is 6.42 Å². The molecule has 0 spiro atoms. The normalized spacial score (nSPS) is 13.8. The Bertz CT molecular complexity index is 220. The second kappa shape index (κ2) is 4.28. The van der Waals surface area contributed by atoms with Gasteiger partial charge in [0.15, 0.2) is 6.61 Å². The van der Waals surface area contributed by atoms with Crippen LogP contribution in [0.4, 0.5) is 30.7 Å². The van der Waals surface area contributed by atoms with Crippen molar-refractivity contribution in [3.05, 3.63) is 12.8 Å². The van der Waals surface area contributed by atoms with Crippen LogP contribution in [0.15, 0.2) is 12.8 Å². The maximum absolute atomic E-state index is 12.5. The van der Waals surface area contributed by atoms with Gasteiger partial charge in [0.25, 0.3) is 0 Å². The molecule has 0 aromatic heterocycles. The molecule has 1 nitrogen and oxygen atoms in total. The molecule has 0 aliphatic heterocycles. The zero-order valence-corrected chi connectivity index (χ0v) is 7.25. The number of alkyl halides is 7. The highest BCUT2D eigenvalue weighted by Gasteiger charge is 2.61. The van der Waals surface area contributed by atoms with E-state index < -0.39 is 31.0 Å². The standard InChI is InChI=1S/C7H7F7O/c1-2-15-4-6(10,11)5(8,9)3-7(12,13)14/h2H,1,3-4H2. The Morgan fingerprint density at radius 3 is 1.73 bits per heavy atom. The molecule has 0 atom stereocenters. The zero-order chi connectivity index (χ0) is 12.3. The number of rotatable bonds is 5. The third-order valence-electron chi connectivity index (χ3n) is 1.34. The molecular weight excluding hydrogens is 233 g/mol. The predicted molar refractivity (Wildman–Crippen MR) is 36.7 cm³/mol. The molecule has 0 aliphatic carbocycles. The summed E-state index contributed by atoms with van der Waals surface area (Å²) in [5.41, 5.74) is 0.